The van der Waals surface area contributed by atoms with Gasteiger partial charge in [0.25, 0.3) is 0 Å². The van der Waals surface area contributed by atoms with Crippen molar-refractivity contribution in [2.24, 2.45) is 0 Å². The molecule has 1 saturated heterocycles. The largest absolute Gasteiger partial charge is 0.508 e. The SMILES string of the molecule is [CH2]C(c1ccc(O)cc1)[C@@]1(O)O[C@H](CO)[C@@H](O)[C@H](O)[C@H]1O. The molecule has 6 N–H and O–H groups in total. The van der Waals surface area contributed by atoms with Crippen molar-refractivity contribution < 1.29 is 35.4 Å². The molecule has 0 aromatic heterocycles. The lowest BCUT2D eigenvalue weighted by Gasteiger charge is -2.48. The van der Waals surface area contributed by atoms with Crippen molar-refractivity contribution in [2.45, 2.75) is 36.1 Å². The van der Waals surface area contributed by atoms with Gasteiger partial charge in [-0.1, -0.05) is 12.1 Å². The zero-order valence-corrected chi connectivity index (χ0v) is 11.2. The zero-order valence-electron chi connectivity index (χ0n) is 11.2. The third kappa shape index (κ3) is 2.76. The lowest BCUT2D eigenvalue weighted by atomic mass is 9.82. The Kier molecular flexibility index (Phi) is 4.52. The molecule has 0 amide bonds. The van der Waals surface area contributed by atoms with Crippen LogP contribution in [-0.2, 0) is 4.74 Å². The Morgan fingerprint density at radius 1 is 1.14 bits per heavy atom. The van der Waals surface area contributed by atoms with E-state index >= 15 is 0 Å². The van der Waals surface area contributed by atoms with Crippen molar-refractivity contribution >= 4 is 0 Å². The van der Waals surface area contributed by atoms with E-state index in [2.05, 4.69) is 6.92 Å². The summed E-state index contributed by atoms with van der Waals surface area (Å²) >= 11 is 0. The molecule has 1 fully saturated rings. The highest BCUT2D eigenvalue weighted by Crippen LogP contribution is 2.38. The van der Waals surface area contributed by atoms with E-state index in [9.17, 15) is 25.5 Å². The molecule has 1 aromatic rings. The molecule has 0 spiro atoms. The second kappa shape index (κ2) is 5.88. The molecule has 7 heteroatoms. The van der Waals surface area contributed by atoms with Gasteiger partial charge in [-0.25, -0.2) is 0 Å². The Labute approximate surface area is 121 Å². The van der Waals surface area contributed by atoms with Crippen molar-refractivity contribution in [2.75, 3.05) is 6.61 Å². The fraction of sp³-hybridized carbons (Fsp3) is 0.500. The van der Waals surface area contributed by atoms with Gasteiger partial charge >= 0.3 is 0 Å². The van der Waals surface area contributed by atoms with Crippen LogP contribution in [0.1, 0.15) is 11.5 Å². The first kappa shape index (κ1) is 16.2. The minimum Gasteiger partial charge on any atom is -0.508 e. The molecule has 1 unspecified atom stereocenters. The van der Waals surface area contributed by atoms with Gasteiger partial charge in [0.1, 0.15) is 30.2 Å². The molecule has 1 aliphatic heterocycles. The van der Waals surface area contributed by atoms with E-state index in [1.54, 1.807) is 0 Å². The highest BCUT2D eigenvalue weighted by atomic mass is 16.7. The van der Waals surface area contributed by atoms with E-state index in [4.69, 9.17) is 9.84 Å². The Balaban J connectivity index is 2.32. The maximum atomic E-state index is 10.5. The van der Waals surface area contributed by atoms with Crippen LogP contribution in [-0.4, -0.2) is 67.4 Å². The van der Waals surface area contributed by atoms with Crippen LogP contribution >= 0.6 is 0 Å². The van der Waals surface area contributed by atoms with Gasteiger partial charge in [-0.2, -0.15) is 0 Å². The summed E-state index contributed by atoms with van der Waals surface area (Å²) in [5.41, 5.74) is 0.439. The predicted octanol–water partition coefficient (Wildman–Crippen LogP) is -1.53. The Bertz CT molecular complexity index is 475. The topological polar surface area (TPSA) is 131 Å². The van der Waals surface area contributed by atoms with E-state index in [0.717, 1.165) is 0 Å². The number of rotatable bonds is 3. The number of hydrogen-bond donors (Lipinski definition) is 6. The Morgan fingerprint density at radius 2 is 1.71 bits per heavy atom. The normalized spacial score (nSPS) is 38.2. The molecular weight excluding hydrogens is 280 g/mol. The number of phenols is 1. The fourth-order valence-corrected chi connectivity index (χ4v) is 2.41. The van der Waals surface area contributed by atoms with Gasteiger partial charge in [0.15, 0.2) is 0 Å². The molecule has 117 valence electrons. The Morgan fingerprint density at radius 3 is 2.24 bits per heavy atom. The summed E-state index contributed by atoms with van der Waals surface area (Å²) < 4.78 is 5.19. The Hall–Kier alpha value is -1.22. The van der Waals surface area contributed by atoms with Crippen LogP contribution < -0.4 is 0 Å². The summed E-state index contributed by atoms with van der Waals surface area (Å²) in [5.74, 6) is -3.29. The molecule has 1 aliphatic rings. The van der Waals surface area contributed by atoms with Crippen molar-refractivity contribution in [3.63, 3.8) is 0 Å². The summed E-state index contributed by atoms with van der Waals surface area (Å²) in [7, 11) is 0. The van der Waals surface area contributed by atoms with E-state index in [1.807, 2.05) is 0 Å². The molecule has 0 saturated carbocycles. The first-order valence-corrected chi connectivity index (χ1v) is 6.48. The van der Waals surface area contributed by atoms with Gasteiger partial charge < -0.3 is 35.4 Å². The number of aromatic hydroxyl groups is 1. The molecule has 21 heavy (non-hydrogen) atoms. The molecule has 1 heterocycles. The van der Waals surface area contributed by atoms with Crippen molar-refractivity contribution in [3.05, 3.63) is 36.8 Å². The smallest absolute Gasteiger partial charge is 0.202 e. The van der Waals surface area contributed by atoms with Crippen LogP contribution in [0.25, 0.3) is 0 Å². The first-order chi connectivity index (χ1) is 9.81. The van der Waals surface area contributed by atoms with E-state index in [-0.39, 0.29) is 5.75 Å². The quantitative estimate of drug-likeness (QED) is 0.399. The molecule has 0 aliphatic carbocycles. The minimum absolute atomic E-state index is 0.0201. The van der Waals surface area contributed by atoms with Crippen LogP contribution in [0.3, 0.4) is 0 Å². The van der Waals surface area contributed by atoms with Crippen LogP contribution in [0.2, 0.25) is 0 Å². The number of aliphatic hydroxyl groups is 5. The number of ether oxygens (including phenoxy) is 1. The number of hydrogen-bond acceptors (Lipinski definition) is 7. The highest BCUT2D eigenvalue weighted by molar-refractivity contribution is 5.31. The standard InChI is InChI=1S/C14H19O7/c1-7(8-2-4-9(16)5-3-8)14(20)13(19)12(18)11(17)10(6-15)21-14/h2-5,7,10-13,15-20H,1,6H2/t7?,10-,11-,12+,13-,14-/m1/s1. The fourth-order valence-electron chi connectivity index (χ4n) is 2.41. The van der Waals surface area contributed by atoms with Crippen LogP contribution in [0.4, 0.5) is 0 Å². The van der Waals surface area contributed by atoms with Crippen molar-refractivity contribution in [3.8, 4) is 5.75 Å². The monoisotopic (exact) mass is 299 g/mol. The van der Waals surface area contributed by atoms with Gasteiger partial charge in [0.05, 0.1) is 6.61 Å². The number of aliphatic hydroxyl groups excluding tert-OH is 4. The van der Waals surface area contributed by atoms with Gasteiger partial charge in [-0.15, -0.1) is 0 Å². The molecule has 0 bridgehead atoms. The highest BCUT2D eigenvalue weighted by Gasteiger charge is 2.55. The second-order valence-electron chi connectivity index (χ2n) is 5.16. The average Bonchev–Trinajstić information content (AvgIpc) is 2.49. The van der Waals surface area contributed by atoms with Gasteiger partial charge in [0.2, 0.25) is 5.79 Å². The third-order valence-corrected chi connectivity index (χ3v) is 3.79. The summed E-state index contributed by atoms with van der Waals surface area (Å²) in [6.07, 6.45) is -6.29. The lowest BCUT2D eigenvalue weighted by Crippen LogP contribution is -2.66. The maximum Gasteiger partial charge on any atom is 0.202 e. The summed E-state index contributed by atoms with van der Waals surface area (Å²) in [6, 6.07) is 5.71. The van der Waals surface area contributed by atoms with Crippen molar-refractivity contribution in [1.82, 2.24) is 0 Å². The third-order valence-electron chi connectivity index (χ3n) is 3.79. The second-order valence-corrected chi connectivity index (χ2v) is 5.16. The number of benzene rings is 1. The van der Waals surface area contributed by atoms with E-state index in [0.29, 0.717) is 5.56 Å². The summed E-state index contributed by atoms with van der Waals surface area (Å²) in [5, 5.41) is 58.4. The zero-order chi connectivity index (χ0) is 15.8. The van der Waals surface area contributed by atoms with Gasteiger partial charge in [-0.05, 0) is 24.6 Å². The van der Waals surface area contributed by atoms with E-state index < -0.39 is 42.7 Å². The van der Waals surface area contributed by atoms with Gasteiger partial charge in [-0.3, -0.25) is 0 Å². The number of phenolic OH excluding ortho intramolecular Hbond substituents is 1. The average molecular weight is 299 g/mol. The molecule has 1 radical (unpaired) electrons. The van der Waals surface area contributed by atoms with Crippen LogP contribution in [0.15, 0.2) is 24.3 Å². The predicted molar refractivity (Wildman–Crippen MR) is 71.1 cm³/mol. The summed E-state index contributed by atoms with van der Waals surface area (Å²) in [4.78, 5) is 0. The molecular formula is C14H19O7. The van der Waals surface area contributed by atoms with Crippen LogP contribution in [0, 0.1) is 6.92 Å². The lowest BCUT2D eigenvalue weighted by molar-refractivity contribution is -0.354. The molecule has 1 aromatic carbocycles. The summed E-state index contributed by atoms with van der Waals surface area (Å²) in [6.45, 7) is 3.08. The van der Waals surface area contributed by atoms with Crippen molar-refractivity contribution in [1.29, 1.82) is 0 Å². The minimum atomic E-state index is -2.29. The van der Waals surface area contributed by atoms with E-state index in [1.165, 1.54) is 24.3 Å². The molecule has 2 rings (SSSR count). The molecule has 7 nitrogen and oxygen atoms in total. The molecule has 6 atom stereocenters. The van der Waals surface area contributed by atoms with Gasteiger partial charge in [0, 0.05) is 5.92 Å². The first-order valence-electron chi connectivity index (χ1n) is 6.48. The van der Waals surface area contributed by atoms with Crippen LogP contribution in [0.5, 0.6) is 5.75 Å². The maximum absolute atomic E-state index is 10.5.